The fourth-order valence-corrected chi connectivity index (χ4v) is 4.11. The van der Waals surface area contributed by atoms with Gasteiger partial charge in [0.2, 0.25) is 0 Å². The van der Waals surface area contributed by atoms with Crippen molar-refractivity contribution < 1.29 is 22.8 Å². The summed E-state index contributed by atoms with van der Waals surface area (Å²) in [6.07, 6.45) is 0. The number of thiophene rings is 1. The zero-order valence-corrected chi connectivity index (χ0v) is 17.3. The molecule has 0 aliphatic rings. The minimum absolute atomic E-state index is 0.00519. The molecule has 1 heterocycles. The Morgan fingerprint density at radius 2 is 1.40 bits per heavy atom. The highest BCUT2D eigenvalue weighted by Gasteiger charge is 2.15. The SMILES string of the molecule is CC(=O)c1ccc(S(=O)(=O)Nc2ccc(C(=O)NNC(=O)c3cccs3)cc2)cc1. The van der Waals surface area contributed by atoms with E-state index < -0.39 is 21.8 Å². The lowest BCUT2D eigenvalue weighted by atomic mass is 10.2. The average Bonchev–Trinajstić information content (AvgIpc) is 3.27. The van der Waals surface area contributed by atoms with Crippen molar-refractivity contribution >= 4 is 44.6 Å². The number of sulfonamides is 1. The summed E-state index contributed by atoms with van der Waals surface area (Å²) in [4.78, 5) is 35.7. The molecular weight excluding hydrogens is 426 g/mol. The second-order valence-electron chi connectivity index (χ2n) is 6.15. The highest BCUT2D eigenvalue weighted by atomic mass is 32.2. The first-order valence-corrected chi connectivity index (χ1v) is 11.0. The Morgan fingerprint density at radius 1 is 0.800 bits per heavy atom. The van der Waals surface area contributed by atoms with Crippen LogP contribution in [0.4, 0.5) is 5.69 Å². The van der Waals surface area contributed by atoms with Crippen LogP contribution in [-0.4, -0.2) is 26.0 Å². The van der Waals surface area contributed by atoms with Crippen molar-refractivity contribution in [1.82, 2.24) is 10.9 Å². The molecule has 0 saturated carbocycles. The number of carbonyl (C=O) groups is 3. The number of Topliss-reactive ketones (excluding diaryl/α,β-unsaturated/α-hetero) is 1. The quantitative estimate of drug-likeness (QED) is 0.400. The molecule has 3 N–H and O–H groups in total. The van der Waals surface area contributed by atoms with Crippen LogP contribution in [0.2, 0.25) is 0 Å². The van der Waals surface area contributed by atoms with E-state index in [0.717, 1.165) is 0 Å². The van der Waals surface area contributed by atoms with E-state index in [0.29, 0.717) is 10.4 Å². The summed E-state index contributed by atoms with van der Waals surface area (Å²) in [7, 11) is -3.85. The maximum Gasteiger partial charge on any atom is 0.279 e. The molecule has 154 valence electrons. The Hall–Kier alpha value is -3.50. The molecule has 8 nitrogen and oxygen atoms in total. The number of amides is 2. The Balaban J connectivity index is 1.62. The van der Waals surface area contributed by atoms with Crippen LogP contribution in [0.25, 0.3) is 0 Å². The molecule has 3 aromatic rings. The predicted molar refractivity (Wildman–Crippen MR) is 113 cm³/mol. The summed E-state index contributed by atoms with van der Waals surface area (Å²) < 4.78 is 27.3. The Morgan fingerprint density at radius 3 is 1.97 bits per heavy atom. The largest absolute Gasteiger partial charge is 0.295 e. The Labute approximate surface area is 177 Å². The van der Waals surface area contributed by atoms with Gasteiger partial charge in [-0.3, -0.25) is 30.0 Å². The molecule has 10 heteroatoms. The van der Waals surface area contributed by atoms with Crippen LogP contribution in [-0.2, 0) is 10.0 Å². The third kappa shape index (κ3) is 5.10. The molecule has 2 aromatic carbocycles. The first-order valence-electron chi connectivity index (χ1n) is 8.64. The van der Waals surface area contributed by atoms with Crippen LogP contribution in [0.1, 0.15) is 37.3 Å². The van der Waals surface area contributed by atoms with Gasteiger partial charge in [-0.05, 0) is 54.8 Å². The fraction of sp³-hybridized carbons (Fsp3) is 0.0500. The number of hydrogen-bond acceptors (Lipinski definition) is 6. The number of hydrazine groups is 1. The number of carbonyl (C=O) groups excluding carboxylic acids is 3. The standard InChI is InChI=1S/C20H17N3O5S2/c1-13(24)14-6-10-17(11-7-14)30(27,28)23-16-8-4-15(5-9-16)19(25)21-22-20(26)18-3-2-12-29-18/h2-12,23H,1H3,(H,21,25)(H,22,26). The number of benzene rings is 2. The molecule has 30 heavy (non-hydrogen) atoms. The van der Waals surface area contributed by atoms with E-state index in [1.165, 1.54) is 66.8 Å². The maximum atomic E-state index is 12.5. The summed E-state index contributed by atoms with van der Waals surface area (Å²) in [6.45, 7) is 1.40. The molecule has 0 saturated heterocycles. The van der Waals surface area contributed by atoms with E-state index in [1.54, 1.807) is 17.5 Å². The molecule has 0 bridgehead atoms. The van der Waals surface area contributed by atoms with E-state index in [1.807, 2.05) is 0 Å². The Bertz CT molecular complexity index is 1170. The van der Waals surface area contributed by atoms with Gasteiger partial charge in [-0.1, -0.05) is 18.2 Å². The van der Waals surface area contributed by atoms with Gasteiger partial charge in [0.25, 0.3) is 21.8 Å². The number of rotatable bonds is 6. The van der Waals surface area contributed by atoms with E-state index in [4.69, 9.17) is 0 Å². The summed E-state index contributed by atoms with van der Waals surface area (Å²) in [6, 6.07) is 14.6. The van der Waals surface area contributed by atoms with Crippen molar-refractivity contribution in [1.29, 1.82) is 0 Å². The third-order valence-electron chi connectivity index (χ3n) is 4.00. The fourth-order valence-electron chi connectivity index (χ4n) is 2.43. The van der Waals surface area contributed by atoms with Gasteiger partial charge in [0, 0.05) is 16.8 Å². The summed E-state index contributed by atoms with van der Waals surface area (Å²) in [5, 5.41) is 1.74. The van der Waals surface area contributed by atoms with Gasteiger partial charge in [0.05, 0.1) is 9.77 Å². The van der Waals surface area contributed by atoms with Crippen molar-refractivity contribution in [2.75, 3.05) is 4.72 Å². The third-order valence-corrected chi connectivity index (χ3v) is 6.27. The monoisotopic (exact) mass is 443 g/mol. The summed E-state index contributed by atoms with van der Waals surface area (Å²) in [5.41, 5.74) is 5.50. The minimum atomic E-state index is -3.85. The number of ketones is 1. The molecule has 0 atom stereocenters. The molecule has 1 aromatic heterocycles. The van der Waals surface area contributed by atoms with E-state index in [9.17, 15) is 22.8 Å². The summed E-state index contributed by atoms with van der Waals surface area (Å²) >= 11 is 1.24. The van der Waals surface area contributed by atoms with Gasteiger partial charge in [-0.25, -0.2) is 8.42 Å². The van der Waals surface area contributed by atoms with E-state index in [2.05, 4.69) is 15.6 Å². The smallest absolute Gasteiger partial charge is 0.279 e. The van der Waals surface area contributed by atoms with Crippen LogP contribution >= 0.6 is 11.3 Å². The molecule has 0 aliphatic carbocycles. The molecule has 0 radical (unpaired) electrons. The van der Waals surface area contributed by atoms with Gasteiger partial charge in [0.15, 0.2) is 5.78 Å². The maximum absolute atomic E-state index is 12.5. The Kier molecular flexibility index (Phi) is 6.28. The van der Waals surface area contributed by atoms with Crippen LogP contribution in [0.15, 0.2) is 70.9 Å². The normalized spacial score (nSPS) is 10.8. The van der Waals surface area contributed by atoms with Crippen molar-refractivity contribution in [3.8, 4) is 0 Å². The van der Waals surface area contributed by atoms with Gasteiger partial charge < -0.3 is 0 Å². The van der Waals surface area contributed by atoms with Gasteiger partial charge >= 0.3 is 0 Å². The highest BCUT2D eigenvalue weighted by molar-refractivity contribution is 7.92. The van der Waals surface area contributed by atoms with Crippen LogP contribution in [0.5, 0.6) is 0 Å². The molecule has 0 spiro atoms. The van der Waals surface area contributed by atoms with Gasteiger partial charge in [-0.15, -0.1) is 11.3 Å². The van der Waals surface area contributed by atoms with Gasteiger partial charge in [-0.2, -0.15) is 0 Å². The van der Waals surface area contributed by atoms with Crippen LogP contribution < -0.4 is 15.6 Å². The molecule has 2 amide bonds. The van der Waals surface area contributed by atoms with Crippen LogP contribution in [0.3, 0.4) is 0 Å². The van der Waals surface area contributed by atoms with Crippen molar-refractivity contribution in [3.05, 3.63) is 82.0 Å². The molecular formula is C20H17N3O5S2. The van der Waals surface area contributed by atoms with Crippen LogP contribution in [0, 0.1) is 0 Å². The molecule has 3 rings (SSSR count). The van der Waals surface area contributed by atoms with Crippen molar-refractivity contribution in [2.45, 2.75) is 11.8 Å². The van der Waals surface area contributed by atoms with Gasteiger partial charge in [0.1, 0.15) is 0 Å². The lowest BCUT2D eigenvalue weighted by molar-refractivity contribution is 0.0849. The highest BCUT2D eigenvalue weighted by Crippen LogP contribution is 2.17. The minimum Gasteiger partial charge on any atom is -0.295 e. The van der Waals surface area contributed by atoms with E-state index >= 15 is 0 Å². The molecule has 0 aliphatic heterocycles. The lowest BCUT2D eigenvalue weighted by Crippen LogP contribution is -2.41. The first kappa shape index (κ1) is 21.2. The van der Waals surface area contributed by atoms with Crippen molar-refractivity contribution in [2.24, 2.45) is 0 Å². The predicted octanol–water partition coefficient (Wildman–Crippen LogP) is 2.83. The first-order chi connectivity index (χ1) is 14.3. The number of nitrogens with one attached hydrogen (secondary N) is 3. The molecule has 0 fully saturated rings. The van der Waals surface area contributed by atoms with Crippen molar-refractivity contribution in [3.63, 3.8) is 0 Å². The zero-order chi connectivity index (χ0) is 21.7. The average molecular weight is 444 g/mol. The zero-order valence-electron chi connectivity index (χ0n) is 15.7. The second kappa shape index (κ2) is 8.89. The lowest BCUT2D eigenvalue weighted by Gasteiger charge is -2.10. The summed E-state index contributed by atoms with van der Waals surface area (Å²) in [5.74, 6) is -1.14. The molecule has 0 unspecified atom stereocenters. The second-order valence-corrected chi connectivity index (χ2v) is 8.78. The van der Waals surface area contributed by atoms with E-state index in [-0.39, 0.29) is 21.9 Å². The number of hydrogen-bond donors (Lipinski definition) is 3. The topological polar surface area (TPSA) is 121 Å². The number of anilines is 1.